The molecule has 1 atom stereocenters. The van der Waals surface area contributed by atoms with Crippen LogP contribution in [0.2, 0.25) is 0 Å². The SMILES string of the molecule is O=C(Cn1cc(-c2ccc(F)cc2)cn1)N[C@@H](Cn1nccn1)c1ccccc1. The van der Waals surface area contributed by atoms with Gasteiger partial charge in [0.1, 0.15) is 12.4 Å². The van der Waals surface area contributed by atoms with Crippen LogP contribution in [0.3, 0.4) is 0 Å². The molecule has 0 bridgehead atoms. The molecule has 4 rings (SSSR count). The minimum atomic E-state index is -0.292. The van der Waals surface area contributed by atoms with Crippen molar-refractivity contribution in [2.45, 2.75) is 19.1 Å². The van der Waals surface area contributed by atoms with E-state index in [1.807, 2.05) is 30.3 Å². The van der Waals surface area contributed by atoms with Crippen LogP contribution in [0.25, 0.3) is 11.1 Å². The summed E-state index contributed by atoms with van der Waals surface area (Å²) in [5.41, 5.74) is 2.62. The van der Waals surface area contributed by atoms with E-state index in [-0.39, 0.29) is 24.3 Å². The highest BCUT2D eigenvalue weighted by Gasteiger charge is 2.17. The highest BCUT2D eigenvalue weighted by Crippen LogP contribution is 2.19. The second-order valence-electron chi connectivity index (χ2n) is 6.55. The number of hydrogen-bond acceptors (Lipinski definition) is 4. The summed E-state index contributed by atoms with van der Waals surface area (Å²) in [6.45, 7) is 0.486. The maximum atomic E-state index is 13.1. The van der Waals surface area contributed by atoms with Gasteiger partial charge in [0.2, 0.25) is 5.91 Å². The number of halogens is 1. The lowest BCUT2D eigenvalue weighted by atomic mass is 10.1. The molecule has 2 heterocycles. The molecule has 7 nitrogen and oxygen atoms in total. The molecule has 0 spiro atoms. The van der Waals surface area contributed by atoms with E-state index in [1.165, 1.54) is 12.1 Å². The van der Waals surface area contributed by atoms with Crippen LogP contribution in [-0.4, -0.2) is 30.7 Å². The van der Waals surface area contributed by atoms with Crippen molar-refractivity contribution in [3.63, 3.8) is 0 Å². The molecule has 0 unspecified atom stereocenters. The first-order chi connectivity index (χ1) is 14.2. The van der Waals surface area contributed by atoms with Crippen molar-refractivity contribution in [2.24, 2.45) is 0 Å². The summed E-state index contributed by atoms with van der Waals surface area (Å²) < 4.78 is 14.6. The van der Waals surface area contributed by atoms with Crippen LogP contribution in [-0.2, 0) is 17.9 Å². The number of carbonyl (C=O) groups is 1. The fourth-order valence-corrected chi connectivity index (χ4v) is 3.05. The Hall–Kier alpha value is -3.81. The normalized spacial score (nSPS) is 11.9. The van der Waals surface area contributed by atoms with Gasteiger partial charge in [0, 0.05) is 11.8 Å². The Kier molecular flexibility index (Phi) is 5.42. The molecule has 1 amide bonds. The molecule has 0 saturated heterocycles. The molecular formula is C21H19FN6O. The molecule has 29 heavy (non-hydrogen) atoms. The van der Waals surface area contributed by atoms with Crippen LogP contribution >= 0.6 is 0 Å². The summed E-state index contributed by atoms with van der Waals surface area (Å²) in [5, 5.41) is 15.5. The third-order valence-corrected chi connectivity index (χ3v) is 4.47. The molecule has 0 aliphatic heterocycles. The van der Waals surface area contributed by atoms with E-state index in [2.05, 4.69) is 20.6 Å². The molecule has 0 saturated carbocycles. The third-order valence-electron chi connectivity index (χ3n) is 4.47. The first-order valence-electron chi connectivity index (χ1n) is 9.14. The van der Waals surface area contributed by atoms with Gasteiger partial charge in [0.15, 0.2) is 0 Å². The number of carbonyl (C=O) groups excluding carboxylic acids is 1. The van der Waals surface area contributed by atoms with Gasteiger partial charge in [-0.2, -0.15) is 20.1 Å². The molecule has 146 valence electrons. The Balaban J connectivity index is 1.45. The zero-order valence-corrected chi connectivity index (χ0v) is 15.5. The number of rotatable bonds is 7. The topological polar surface area (TPSA) is 77.6 Å². The Labute approximate surface area is 166 Å². The van der Waals surface area contributed by atoms with Crippen molar-refractivity contribution in [3.05, 3.63) is 90.8 Å². The van der Waals surface area contributed by atoms with E-state index in [1.54, 1.807) is 46.4 Å². The van der Waals surface area contributed by atoms with Gasteiger partial charge in [-0.15, -0.1) is 0 Å². The van der Waals surface area contributed by atoms with Crippen molar-refractivity contribution < 1.29 is 9.18 Å². The molecule has 2 aromatic carbocycles. The Morgan fingerprint density at radius 2 is 1.69 bits per heavy atom. The van der Waals surface area contributed by atoms with E-state index >= 15 is 0 Å². The highest BCUT2D eigenvalue weighted by atomic mass is 19.1. The van der Waals surface area contributed by atoms with Crippen molar-refractivity contribution in [2.75, 3.05) is 0 Å². The van der Waals surface area contributed by atoms with Crippen molar-refractivity contribution in [3.8, 4) is 11.1 Å². The fourth-order valence-electron chi connectivity index (χ4n) is 3.05. The average Bonchev–Trinajstić information content (AvgIpc) is 3.41. The van der Waals surface area contributed by atoms with E-state index in [4.69, 9.17) is 0 Å². The van der Waals surface area contributed by atoms with Crippen LogP contribution in [0.1, 0.15) is 11.6 Å². The summed E-state index contributed by atoms with van der Waals surface area (Å²) >= 11 is 0. The highest BCUT2D eigenvalue weighted by molar-refractivity contribution is 5.76. The summed E-state index contributed by atoms with van der Waals surface area (Å²) in [6, 6.07) is 15.6. The average molecular weight is 390 g/mol. The standard InChI is InChI=1S/C21H19FN6O/c22-19-8-6-16(7-9-19)18-12-25-27(13-18)15-21(29)26-20(14-28-23-10-11-24-28)17-4-2-1-3-5-17/h1-13,20H,14-15H2,(H,26,29)/t20-/m0/s1. The molecule has 0 aliphatic rings. The van der Waals surface area contributed by atoms with Gasteiger partial charge in [-0.25, -0.2) is 4.39 Å². The molecule has 2 aromatic heterocycles. The summed E-state index contributed by atoms with van der Waals surface area (Å²) in [5.74, 6) is -0.473. The van der Waals surface area contributed by atoms with E-state index in [9.17, 15) is 9.18 Å². The first kappa shape index (κ1) is 18.5. The van der Waals surface area contributed by atoms with Crippen LogP contribution in [0.5, 0.6) is 0 Å². The number of nitrogens with one attached hydrogen (secondary N) is 1. The molecule has 1 N–H and O–H groups in total. The molecule has 8 heteroatoms. The van der Waals surface area contributed by atoms with Crippen molar-refractivity contribution in [1.29, 1.82) is 0 Å². The smallest absolute Gasteiger partial charge is 0.242 e. The monoisotopic (exact) mass is 390 g/mol. The second kappa shape index (κ2) is 8.47. The Morgan fingerprint density at radius 1 is 0.966 bits per heavy atom. The van der Waals surface area contributed by atoms with E-state index in [0.29, 0.717) is 6.54 Å². The van der Waals surface area contributed by atoms with Crippen LogP contribution in [0, 0.1) is 5.82 Å². The summed E-state index contributed by atoms with van der Waals surface area (Å²) in [4.78, 5) is 14.2. The summed E-state index contributed by atoms with van der Waals surface area (Å²) in [7, 11) is 0. The molecule has 0 fully saturated rings. The quantitative estimate of drug-likeness (QED) is 0.526. The lowest BCUT2D eigenvalue weighted by molar-refractivity contribution is -0.122. The molecular weight excluding hydrogens is 371 g/mol. The predicted molar refractivity (Wildman–Crippen MR) is 105 cm³/mol. The summed E-state index contributed by atoms with van der Waals surface area (Å²) in [6.07, 6.45) is 6.62. The number of nitrogens with zero attached hydrogens (tertiary/aromatic N) is 5. The van der Waals surface area contributed by atoms with Crippen molar-refractivity contribution >= 4 is 5.91 Å². The van der Waals surface area contributed by atoms with E-state index in [0.717, 1.165) is 16.7 Å². The van der Waals surface area contributed by atoms with Crippen LogP contribution in [0.15, 0.2) is 79.4 Å². The second-order valence-corrected chi connectivity index (χ2v) is 6.55. The first-order valence-corrected chi connectivity index (χ1v) is 9.14. The lowest BCUT2D eigenvalue weighted by Gasteiger charge is -2.18. The van der Waals surface area contributed by atoms with E-state index < -0.39 is 0 Å². The zero-order chi connectivity index (χ0) is 20.1. The van der Waals surface area contributed by atoms with Crippen LogP contribution < -0.4 is 5.32 Å². The van der Waals surface area contributed by atoms with Gasteiger partial charge in [0.25, 0.3) is 0 Å². The number of amides is 1. The van der Waals surface area contributed by atoms with Gasteiger partial charge in [-0.1, -0.05) is 42.5 Å². The fraction of sp³-hybridized carbons (Fsp3) is 0.143. The predicted octanol–water partition coefficient (Wildman–Crippen LogP) is 2.84. The number of aromatic nitrogens is 5. The van der Waals surface area contributed by atoms with Gasteiger partial charge >= 0.3 is 0 Å². The van der Waals surface area contributed by atoms with Gasteiger partial charge in [0.05, 0.1) is 31.2 Å². The minimum absolute atomic E-state index is 0.0665. The maximum absolute atomic E-state index is 13.1. The Morgan fingerprint density at radius 3 is 2.41 bits per heavy atom. The van der Waals surface area contributed by atoms with Crippen molar-refractivity contribution in [1.82, 2.24) is 30.1 Å². The van der Waals surface area contributed by atoms with Gasteiger partial charge in [-0.05, 0) is 23.3 Å². The number of hydrogen-bond donors (Lipinski definition) is 1. The zero-order valence-electron chi connectivity index (χ0n) is 15.5. The van der Waals surface area contributed by atoms with Crippen LogP contribution in [0.4, 0.5) is 4.39 Å². The third kappa shape index (κ3) is 4.73. The minimum Gasteiger partial charge on any atom is -0.346 e. The molecule has 0 aliphatic carbocycles. The van der Waals surface area contributed by atoms with Gasteiger partial charge in [-0.3, -0.25) is 9.48 Å². The largest absolute Gasteiger partial charge is 0.346 e. The maximum Gasteiger partial charge on any atom is 0.242 e. The molecule has 4 aromatic rings. The number of benzene rings is 2. The molecule has 0 radical (unpaired) electrons. The Bertz CT molecular complexity index is 1060. The van der Waals surface area contributed by atoms with Gasteiger partial charge < -0.3 is 5.32 Å². The lowest BCUT2D eigenvalue weighted by Crippen LogP contribution is -2.34.